The Kier molecular flexibility index (Phi) is 2.56. The molecule has 0 bridgehead atoms. The largest absolute Gasteiger partial charge is 0.290 e. The first kappa shape index (κ1) is 7.88. The fourth-order valence-corrected chi connectivity index (χ4v) is 1.93. The number of rotatable bonds is 2. The van der Waals surface area contributed by atoms with Crippen molar-refractivity contribution in [2.24, 2.45) is 5.92 Å². The van der Waals surface area contributed by atoms with E-state index < -0.39 is 0 Å². The molecule has 1 aliphatic carbocycles. The van der Waals surface area contributed by atoms with Crippen LogP contribution in [-0.4, -0.2) is 22.5 Å². The van der Waals surface area contributed by atoms with E-state index in [-0.39, 0.29) is 11.8 Å². The third-order valence-electron chi connectivity index (χ3n) is 1.96. The molecule has 0 aliphatic heterocycles. The molecule has 1 fully saturated rings. The summed E-state index contributed by atoms with van der Waals surface area (Å²) in [6.07, 6.45) is 4.15. The molecular formula is C6H12N2OS. The Morgan fingerprint density at radius 1 is 1.70 bits per heavy atom. The molecule has 0 heterocycles. The van der Waals surface area contributed by atoms with Crippen LogP contribution in [0.5, 0.6) is 0 Å². The SMILES string of the molecule is CSC1CC(C(=N)NO)C1. The summed E-state index contributed by atoms with van der Waals surface area (Å²) in [5, 5.41) is 16.2. The molecule has 4 heteroatoms. The fourth-order valence-electron chi connectivity index (χ4n) is 1.09. The summed E-state index contributed by atoms with van der Waals surface area (Å²) in [4.78, 5) is 0. The second kappa shape index (κ2) is 3.25. The lowest BCUT2D eigenvalue weighted by Crippen LogP contribution is -2.38. The number of hydrogen-bond donors (Lipinski definition) is 3. The van der Waals surface area contributed by atoms with E-state index in [0.717, 1.165) is 12.8 Å². The van der Waals surface area contributed by atoms with E-state index >= 15 is 0 Å². The zero-order valence-electron chi connectivity index (χ0n) is 5.92. The Morgan fingerprint density at radius 3 is 2.70 bits per heavy atom. The summed E-state index contributed by atoms with van der Waals surface area (Å²) in [5.74, 6) is 0.549. The van der Waals surface area contributed by atoms with Crippen LogP contribution in [0.25, 0.3) is 0 Å². The minimum Gasteiger partial charge on any atom is -0.290 e. The minimum atomic E-state index is 0.269. The highest BCUT2D eigenvalue weighted by atomic mass is 32.2. The van der Waals surface area contributed by atoms with E-state index in [9.17, 15) is 0 Å². The van der Waals surface area contributed by atoms with Gasteiger partial charge in [-0.15, -0.1) is 0 Å². The van der Waals surface area contributed by atoms with E-state index in [1.807, 2.05) is 17.2 Å². The molecule has 10 heavy (non-hydrogen) atoms. The van der Waals surface area contributed by atoms with E-state index in [0.29, 0.717) is 5.25 Å². The molecule has 1 rings (SSSR count). The molecule has 0 aromatic rings. The van der Waals surface area contributed by atoms with Gasteiger partial charge in [-0.3, -0.25) is 16.1 Å². The van der Waals surface area contributed by atoms with Gasteiger partial charge in [0.15, 0.2) is 0 Å². The van der Waals surface area contributed by atoms with Crippen LogP contribution in [-0.2, 0) is 0 Å². The van der Waals surface area contributed by atoms with Gasteiger partial charge in [-0.05, 0) is 19.1 Å². The van der Waals surface area contributed by atoms with Crippen LogP contribution in [0.2, 0.25) is 0 Å². The maximum Gasteiger partial charge on any atom is 0.120 e. The van der Waals surface area contributed by atoms with E-state index in [4.69, 9.17) is 10.6 Å². The van der Waals surface area contributed by atoms with E-state index in [1.54, 1.807) is 0 Å². The molecule has 3 N–H and O–H groups in total. The van der Waals surface area contributed by atoms with Crippen LogP contribution in [0.15, 0.2) is 0 Å². The van der Waals surface area contributed by atoms with Gasteiger partial charge in [-0.1, -0.05) is 0 Å². The molecule has 0 radical (unpaired) electrons. The maximum absolute atomic E-state index is 8.35. The molecule has 0 unspecified atom stereocenters. The standard InChI is InChI=1S/C6H12N2OS/c1-10-5-2-4(3-5)6(7)8-9/h4-5,9H,2-3H2,1H3,(H2,7,8). The molecule has 0 aromatic carbocycles. The molecule has 58 valence electrons. The van der Waals surface area contributed by atoms with Gasteiger partial charge in [0.25, 0.3) is 0 Å². The average Bonchev–Trinajstić information content (AvgIpc) is 1.85. The van der Waals surface area contributed by atoms with Crippen molar-refractivity contribution < 1.29 is 5.21 Å². The molecule has 0 atom stereocenters. The lowest BCUT2D eigenvalue weighted by Gasteiger charge is -2.33. The molecule has 0 saturated heterocycles. The van der Waals surface area contributed by atoms with Gasteiger partial charge in [0.05, 0.1) is 0 Å². The van der Waals surface area contributed by atoms with Crippen LogP contribution in [0.4, 0.5) is 0 Å². The summed E-state index contributed by atoms with van der Waals surface area (Å²) >= 11 is 1.84. The molecule has 1 aliphatic rings. The topological polar surface area (TPSA) is 56.1 Å². The van der Waals surface area contributed by atoms with Crippen molar-refractivity contribution in [3.63, 3.8) is 0 Å². The summed E-state index contributed by atoms with van der Waals surface area (Å²) in [5.41, 5.74) is 1.89. The Labute approximate surface area is 64.7 Å². The fraction of sp³-hybridized carbons (Fsp3) is 0.833. The molecule has 0 aromatic heterocycles. The van der Waals surface area contributed by atoms with Crippen molar-refractivity contribution in [2.45, 2.75) is 18.1 Å². The zero-order valence-corrected chi connectivity index (χ0v) is 6.74. The summed E-state index contributed by atoms with van der Waals surface area (Å²) in [6, 6.07) is 0. The second-order valence-corrected chi connectivity index (χ2v) is 3.69. The van der Waals surface area contributed by atoms with Crippen molar-refractivity contribution in [1.82, 2.24) is 5.48 Å². The Morgan fingerprint density at radius 2 is 2.30 bits per heavy atom. The molecular weight excluding hydrogens is 148 g/mol. The normalized spacial score (nSPS) is 31.0. The van der Waals surface area contributed by atoms with Gasteiger partial charge in [-0.2, -0.15) is 11.8 Å². The third-order valence-corrected chi connectivity index (χ3v) is 3.01. The van der Waals surface area contributed by atoms with Crippen molar-refractivity contribution in [2.75, 3.05) is 6.26 Å². The lowest BCUT2D eigenvalue weighted by atomic mass is 9.84. The predicted molar refractivity (Wildman–Crippen MR) is 42.7 cm³/mol. The first-order valence-corrected chi connectivity index (χ1v) is 4.58. The number of hydroxylamine groups is 1. The van der Waals surface area contributed by atoms with Crippen LogP contribution in [0.3, 0.4) is 0 Å². The summed E-state index contributed by atoms with van der Waals surface area (Å²) in [7, 11) is 0. The molecule has 0 amide bonds. The van der Waals surface area contributed by atoms with Gasteiger partial charge in [0, 0.05) is 11.2 Å². The van der Waals surface area contributed by atoms with Gasteiger partial charge >= 0.3 is 0 Å². The van der Waals surface area contributed by atoms with E-state index in [2.05, 4.69) is 6.26 Å². The molecule has 0 spiro atoms. The molecule has 3 nitrogen and oxygen atoms in total. The van der Waals surface area contributed by atoms with Gasteiger partial charge in [0.1, 0.15) is 5.84 Å². The monoisotopic (exact) mass is 160 g/mol. The third kappa shape index (κ3) is 1.44. The van der Waals surface area contributed by atoms with Gasteiger partial charge < -0.3 is 0 Å². The van der Waals surface area contributed by atoms with Crippen LogP contribution >= 0.6 is 11.8 Å². The Balaban J connectivity index is 2.19. The summed E-state index contributed by atoms with van der Waals surface area (Å²) in [6.45, 7) is 0. The van der Waals surface area contributed by atoms with Crippen LogP contribution in [0.1, 0.15) is 12.8 Å². The quantitative estimate of drug-likeness (QED) is 0.322. The van der Waals surface area contributed by atoms with Crippen LogP contribution in [0, 0.1) is 11.3 Å². The lowest BCUT2D eigenvalue weighted by molar-refractivity contribution is 0.218. The van der Waals surface area contributed by atoms with Crippen molar-refractivity contribution in [1.29, 1.82) is 5.41 Å². The van der Waals surface area contributed by atoms with Crippen LogP contribution < -0.4 is 5.48 Å². The number of nitrogens with one attached hydrogen (secondary N) is 2. The highest BCUT2D eigenvalue weighted by Gasteiger charge is 2.31. The van der Waals surface area contributed by atoms with Gasteiger partial charge in [-0.25, -0.2) is 0 Å². The number of amidine groups is 1. The molecule has 1 saturated carbocycles. The highest BCUT2D eigenvalue weighted by molar-refractivity contribution is 7.99. The Bertz CT molecular complexity index is 134. The Hall–Kier alpha value is -0.220. The van der Waals surface area contributed by atoms with Crippen molar-refractivity contribution >= 4 is 17.6 Å². The van der Waals surface area contributed by atoms with Crippen molar-refractivity contribution in [3.8, 4) is 0 Å². The number of thioether (sulfide) groups is 1. The maximum atomic E-state index is 8.35. The van der Waals surface area contributed by atoms with E-state index in [1.165, 1.54) is 0 Å². The zero-order chi connectivity index (χ0) is 7.56. The summed E-state index contributed by atoms with van der Waals surface area (Å²) < 4.78 is 0. The van der Waals surface area contributed by atoms with Crippen molar-refractivity contribution in [3.05, 3.63) is 0 Å². The minimum absolute atomic E-state index is 0.269. The smallest absolute Gasteiger partial charge is 0.120 e. The average molecular weight is 160 g/mol. The first-order chi connectivity index (χ1) is 4.77. The predicted octanol–water partition coefficient (Wildman–Crippen LogP) is 1.08. The highest BCUT2D eigenvalue weighted by Crippen LogP contribution is 2.35. The number of hydrogen-bond acceptors (Lipinski definition) is 3. The second-order valence-electron chi connectivity index (χ2n) is 2.55. The van der Waals surface area contributed by atoms with Gasteiger partial charge in [0.2, 0.25) is 0 Å². The first-order valence-electron chi connectivity index (χ1n) is 3.29.